The van der Waals surface area contributed by atoms with Gasteiger partial charge in [-0.2, -0.15) is 0 Å². The van der Waals surface area contributed by atoms with E-state index in [4.69, 9.17) is 17.4 Å². The molecule has 0 fully saturated rings. The van der Waals surface area contributed by atoms with Crippen molar-refractivity contribution in [2.45, 2.75) is 26.3 Å². The quantitative estimate of drug-likeness (QED) is 0.659. The third-order valence-corrected chi connectivity index (χ3v) is 3.55. The molecule has 0 saturated carbocycles. The van der Waals surface area contributed by atoms with Gasteiger partial charge < -0.3 is 0 Å². The second-order valence-electron chi connectivity index (χ2n) is 4.94. The number of nitrogens with one attached hydrogen (secondary N) is 1. The molecule has 2 aromatic rings. The van der Waals surface area contributed by atoms with E-state index in [1.807, 2.05) is 24.3 Å². The average Bonchev–Trinajstić information content (AvgIpc) is 2.36. The standard InChI is InChI=1S/C16H19ClN2/c1-11-7-12(2)9-13(8-11)10-16(19-18)14-5-3-4-6-15(14)17/h3-9,16,19H,10,18H2,1-2H3. The van der Waals surface area contributed by atoms with Gasteiger partial charge in [0, 0.05) is 5.02 Å². The Balaban J connectivity index is 2.26. The number of halogens is 1. The fourth-order valence-electron chi connectivity index (χ4n) is 2.44. The van der Waals surface area contributed by atoms with Gasteiger partial charge in [0.05, 0.1) is 6.04 Å². The van der Waals surface area contributed by atoms with E-state index in [0.29, 0.717) is 0 Å². The fourth-order valence-corrected chi connectivity index (χ4v) is 2.71. The van der Waals surface area contributed by atoms with Crippen LogP contribution in [0.4, 0.5) is 0 Å². The van der Waals surface area contributed by atoms with Crippen molar-refractivity contribution in [3.63, 3.8) is 0 Å². The zero-order chi connectivity index (χ0) is 13.8. The van der Waals surface area contributed by atoms with Gasteiger partial charge >= 0.3 is 0 Å². The Morgan fingerprint density at radius 2 is 1.74 bits per heavy atom. The van der Waals surface area contributed by atoms with Gasteiger partial charge in [0.25, 0.3) is 0 Å². The molecule has 1 unspecified atom stereocenters. The van der Waals surface area contributed by atoms with Crippen LogP contribution in [0.2, 0.25) is 5.02 Å². The van der Waals surface area contributed by atoms with Crippen molar-refractivity contribution in [2.24, 2.45) is 5.84 Å². The van der Waals surface area contributed by atoms with E-state index in [1.165, 1.54) is 16.7 Å². The zero-order valence-corrected chi connectivity index (χ0v) is 12.0. The van der Waals surface area contributed by atoms with Gasteiger partial charge in [-0.05, 0) is 37.5 Å². The second-order valence-corrected chi connectivity index (χ2v) is 5.35. The van der Waals surface area contributed by atoms with Crippen molar-refractivity contribution in [2.75, 3.05) is 0 Å². The molecule has 0 spiro atoms. The predicted molar refractivity (Wildman–Crippen MR) is 81.1 cm³/mol. The first-order valence-electron chi connectivity index (χ1n) is 6.38. The van der Waals surface area contributed by atoms with Crippen molar-refractivity contribution in [3.05, 3.63) is 69.7 Å². The Morgan fingerprint density at radius 1 is 1.11 bits per heavy atom. The lowest BCUT2D eigenvalue weighted by atomic mass is 9.97. The van der Waals surface area contributed by atoms with E-state index in [9.17, 15) is 0 Å². The van der Waals surface area contributed by atoms with Crippen molar-refractivity contribution in [1.29, 1.82) is 0 Å². The average molecular weight is 275 g/mol. The normalized spacial score (nSPS) is 12.4. The monoisotopic (exact) mass is 274 g/mol. The third-order valence-electron chi connectivity index (χ3n) is 3.20. The molecule has 2 rings (SSSR count). The zero-order valence-electron chi connectivity index (χ0n) is 11.3. The van der Waals surface area contributed by atoms with Crippen LogP contribution in [0.25, 0.3) is 0 Å². The fraction of sp³-hybridized carbons (Fsp3) is 0.250. The molecule has 0 aliphatic rings. The Morgan fingerprint density at radius 3 is 2.32 bits per heavy atom. The van der Waals surface area contributed by atoms with Crippen LogP contribution in [0, 0.1) is 13.8 Å². The summed E-state index contributed by atoms with van der Waals surface area (Å²) in [5, 5.41) is 0.745. The van der Waals surface area contributed by atoms with Gasteiger partial charge in [0.2, 0.25) is 0 Å². The summed E-state index contributed by atoms with van der Waals surface area (Å²) >= 11 is 6.23. The molecule has 0 radical (unpaired) electrons. The van der Waals surface area contributed by atoms with Crippen molar-refractivity contribution in [1.82, 2.24) is 5.43 Å². The SMILES string of the molecule is Cc1cc(C)cc(CC(NN)c2ccccc2Cl)c1. The molecule has 3 heteroatoms. The molecule has 0 aliphatic heterocycles. The molecule has 0 aromatic heterocycles. The summed E-state index contributed by atoms with van der Waals surface area (Å²) < 4.78 is 0. The topological polar surface area (TPSA) is 38.0 Å². The Labute approximate surface area is 119 Å². The summed E-state index contributed by atoms with van der Waals surface area (Å²) in [5.41, 5.74) is 7.70. The lowest BCUT2D eigenvalue weighted by molar-refractivity contribution is 0.552. The van der Waals surface area contributed by atoms with Crippen LogP contribution < -0.4 is 11.3 Å². The number of hydrazine groups is 1. The van der Waals surface area contributed by atoms with Gasteiger partial charge in [-0.25, -0.2) is 0 Å². The molecule has 0 heterocycles. The largest absolute Gasteiger partial charge is 0.271 e. The molecule has 2 aromatic carbocycles. The number of hydrogen-bond acceptors (Lipinski definition) is 2. The van der Waals surface area contributed by atoms with E-state index < -0.39 is 0 Å². The van der Waals surface area contributed by atoms with Gasteiger partial charge in [-0.15, -0.1) is 0 Å². The Kier molecular flexibility index (Phi) is 4.59. The lowest BCUT2D eigenvalue weighted by Gasteiger charge is -2.18. The predicted octanol–water partition coefficient (Wildman–Crippen LogP) is 3.70. The molecule has 100 valence electrons. The van der Waals surface area contributed by atoms with Crippen molar-refractivity contribution in [3.8, 4) is 0 Å². The maximum Gasteiger partial charge on any atom is 0.0515 e. The summed E-state index contributed by atoms with van der Waals surface area (Å²) in [5.74, 6) is 5.69. The lowest BCUT2D eigenvalue weighted by Crippen LogP contribution is -2.29. The summed E-state index contributed by atoms with van der Waals surface area (Å²) in [6.45, 7) is 4.22. The summed E-state index contributed by atoms with van der Waals surface area (Å²) in [6.07, 6.45) is 0.822. The molecule has 0 aliphatic carbocycles. The van der Waals surface area contributed by atoms with Crippen LogP contribution >= 0.6 is 11.6 Å². The van der Waals surface area contributed by atoms with Crippen molar-refractivity contribution >= 4 is 11.6 Å². The van der Waals surface area contributed by atoms with E-state index in [2.05, 4.69) is 37.5 Å². The van der Waals surface area contributed by atoms with Gasteiger partial charge in [0.15, 0.2) is 0 Å². The van der Waals surface area contributed by atoms with Gasteiger partial charge in [-0.1, -0.05) is 59.1 Å². The highest BCUT2D eigenvalue weighted by Crippen LogP contribution is 2.25. The molecule has 3 N–H and O–H groups in total. The number of hydrogen-bond donors (Lipinski definition) is 2. The molecule has 0 saturated heterocycles. The maximum atomic E-state index is 6.23. The minimum absolute atomic E-state index is 0.0231. The molecule has 2 nitrogen and oxygen atoms in total. The van der Waals surface area contributed by atoms with Crippen LogP contribution in [0.5, 0.6) is 0 Å². The highest BCUT2D eigenvalue weighted by molar-refractivity contribution is 6.31. The highest BCUT2D eigenvalue weighted by Gasteiger charge is 2.13. The van der Waals surface area contributed by atoms with Gasteiger partial charge in [0.1, 0.15) is 0 Å². The Bertz CT molecular complexity index is 546. The summed E-state index contributed by atoms with van der Waals surface area (Å²) in [6, 6.07) is 14.4. The number of rotatable bonds is 4. The van der Waals surface area contributed by atoms with Crippen molar-refractivity contribution < 1.29 is 0 Å². The number of nitrogens with two attached hydrogens (primary N) is 1. The van der Waals surface area contributed by atoms with E-state index in [-0.39, 0.29) is 6.04 Å². The highest BCUT2D eigenvalue weighted by atomic mass is 35.5. The summed E-state index contributed by atoms with van der Waals surface area (Å²) in [7, 11) is 0. The van der Waals surface area contributed by atoms with E-state index in [0.717, 1.165) is 17.0 Å². The third kappa shape index (κ3) is 3.57. The van der Waals surface area contributed by atoms with Crippen LogP contribution in [-0.2, 0) is 6.42 Å². The van der Waals surface area contributed by atoms with Crippen LogP contribution in [0.3, 0.4) is 0 Å². The first-order valence-corrected chi connectivity index (χ1v) is 6.75. The van der Waals surface area contributed by atoms with E-state index >= 15 is 0 Å². The number of benzene rings is 2. The van der Waals surface area contributed by atoms with E-state index in [1.54, 1.807) is 0 Å². The first kappa shape index (κ1) is 14.1. The smallest absolute Gasteiger partial charge is 0.0515 e. The van der Waals surface area contributed by atoms with Crippen LogP contribution in [-0.4, -0.2) is 0 Å². The molecule has 19 heavy (non-hydrogen) atoms. The molecular formula is C16H19ClN2. The molecular weight excluding hydrogens is 256 g/mol. The Hall–Kier alpha value is -1.35. The minimum Gasteiger partial charge on any atom is -0.271 e. The van der Waals surface area contributed by atoms with Crippen LogP contribution in [0.1, 0.15) is 28.3 Å². The maximum absolute atomic E-state index is 6.23. The molecule has 1 atom stereocenters. The second kappa shape index (κ2) is 6.20. The first-order chi connectivity index (χ1) is 9.10. The summed E-state index contributed by atoms with van der Waals surface area (Å²) in [4.78, 5) is 0. The minimum atomic E-state index is 0.0231. The molecule has 0 bridgehead atoms. The van der Waals surface area contributed by atoms with Crippen LogP contribution in [0.15, 0.2) is 42.5 Å². The molecule has 0 amide bonds. The van der Waals surface area contributed by atoms with Gasteiger partial charge in [-0.3, -0.25) is 11.3 Å². The number of aryl methyl sites for hydroxylation is 2.